The number of benzene rings is 1. The minimum Gasteiger partial charge on any atom is -0.333 e. The Bertz CT molecular complexity index is 508. The molecule has 0 saturated carbocycles. The molecule has 2 aliphatic heterocycles. The Morgan fingerprint density at radius 3 is 2.53 bits per heavy atom. The van der Waals surface area contributed by atoms with E-state index < -0.39 is 5.82 Å². The summed E-state index contributed by atoms with van der Waals surface area (Å²) in [7, 11) is 0. The number of piperidine rings is 1. The van der Waals surface area contributed by atoms with Crippen molar-refractivity contribution in [2.24, 2.45) is 5.73 Å². The lowest BCUT2D eigenvalue weighted by Crippen LogP contribution is -2.50. The molecule has 102 valence electrons. The van der Waals surface area contributed by atoms with Crippen LogP contribution in [-0.2, 0) is 0 Å². The standard InChI is InChI=1S/C14H16ClFN2O/c15-12-4-1-8(5-13(12)16)14(19)18-10-2-3-11(18)7-9(17)6-10/h1,4-5,9-11H,2-3,6-7,17H2. The fourth-order valence-corrected chi connectivity index (χ4v) is 3.45. The van der Waals surface area contributed by atoms with Gasteiger partial charge in [-0.25, -0.2) is 4.39 Å². The third kappa shape index (κ3) is 2.23. The number of hydrogen-bond donors (Lipinski definition) is 1. The second kappa shape index (κ2) is 4.76. The van der Waals surface area contributed by atoms with E-state index in [4.69, 9.17) is 17.3 Å². The number of carbonyl (C=O) groups is 1. The van der Waals surface area contributed by atoms with Crippen LogP contribution in [0, 0.1) is 5.82 Å². The molecule has 3 rings (SSSR count). The summed E-state index contributed by atoms with van der Waals surface area (Å²) in [5.74, 6) is -0.649. The number of nitrogens with zero attached hydrogens (tertiary/aromatic N) is 1. The summed E-state index contributed by atoms with van der Waals surface area (Å²) in [5.41, 5.74) is 6.35. The second-order valence-corrected chi connectivity index (χ2v) is 5.86. The Morgan fingerprint density at radius 1 is 1.32 bits per heavy atom. The van der Waals surface area contributed by atoms with E-state index in [1.165, 1.54) is 12.1 Å². The Kier molecular flexibility index (Phi) is 3.23. The van der Waals surface area contributed by atoms with Crippen molar-refractivity contribution in [3.8, 4) is 0 Å². The Labute approximate surface area is 116 Å². The monoisotopic (exact) mass is 282 g/mol. The summed E-state index contributed by atoms with van der Waals surface area (Å²) < 4.78 is 13.5. The van der Waals surface area contributed by atoms with Crippen LogP contribution in [0.25, 0.3) is 0 Å². The van der Waals surface area contributed by atoms with Crippen LogP contribution < -0.4 is 5.73 Å². The van der Waals surface area contributed by atoms with E-state index in [9.17, 15) is 9.18 Å². The van der Waals surface area contributed by atoms with Crippen molar-refractivity contribution >= 4 is 17.5 Å². The van der Waals surface area contributed by atoms with Crippen LogP contribution in [-0.4, -0.2) is 28.9 Å². The number of rotatable bonds is 1. The number of amides is 1. The lowest BCUT2D eigenvalue weighted by molar-refractivity contribution is 0.0574. The van der Waals surface area contributed by atoms with E-state index in [1.807, 2.05) is 4.90 Å². The van der Waals surface area contributed by atoms with Gasteiger partial charge in [-0.15, -0.1) is 0 Å². The molecule has 5 heteroatoms. The summed E-state index contributed by atoms with van der Waals surface area (Å²) in [6.07, 6.45) is 3.69. The summed E-state index contributed by atoms with van der Waals surface area (Å²) >= 11 is 5.64. The molecule has 2 atom stereocenters. The highest BCUT2D eigenvalue weighted by atomic mass is 35.5. The maximum atomic E-state index is 13.5. The van der Waals surface area contributed by atoms with Crippen molar-refractivity contribution in [3.05, 3.63) is 34.6 Å². The fraction of sp³-hybridized carbons (Fsp3) is 0.500. The molecule has 0 aliphatic carbocycles. The lowest BCUT2D eigenvalue weighted by atomic mass is 9.97. The molecule has 3 nitrogen and oxygen atoms in total. The molecule has 2 heterocycles. The normalized spacial score (nSPS) is 29.6. The predicted molar refractivity (Wildman–Crippen MR) is 71.6 cm³/mol. The van der Waals surface area contributed by atoms with E-state index in [0.717, 1.165) is 25.7 Å². The second-order valence-electron chi connectivity index (χ2n) is 5.46. The number of carbonyl (C=O) groups excluding carboxylic acids is 1. The van der Waals surface area contributed by atoms with Gasteiger partial charge in [-0.3, -0.25) is 4.79 Å². The van der Waals surface area contributed by atoms with E-state index in [2.05, 4.69) is 0 Å². The van der Waals surface area contributed by atoms with Gasteiger partial charge < -0.3 is 10.6 Å². The van der Waals surface area contributed by atoms with Crippen LogP contribution in [0.5, 0.6) is 0 Å². The van der Waals surface area contributed by atoms with Gasteiger partial charge in [0.1, 0.15) is 5.82 Å². The van der Waals surface area contributed by atoms with E-state index in [1.54, 1.807) is 6.07 Å². The van der Waals surface area contributed by atoms with Gasteiger partial charge in [-0.05, 0) is 43.9 Å². The van der Waals surface area contributed by atoms with E-state index in [-0.39, 0.29) is 29.1 Å². The van der Waals surface area contributed by atoms with Crippen LogP contribution in [0.4, 0.5) is 4.39 Å². The van der Waals surface area contributed by atoms with Crippen molar-refractivity contribution in [2.75, 3.05) is 0 Å². The predicted octanol–water partition coefficient (Wildman–Crippen LogP) is 2.57. The Hall–Kier alpha value is -1.13. The van der Waals surface area contributed by atoms with Crippen LogP contribution >= 0.6 is 11.6 Å². The summed E-state index contributed by atoms with van der Waals surface area (Å²) in [6, 6.07) is 4.84. The van der Waals surface area contributed by atoms with Gasteiger partial charge in [0.15, 0.2) is 0 Å². The van der Waals surface area contributed by atoms with Crippen LogP contribution in [0.3, 0.4) is 0 Å². The van der Waals surface area contributed by atoms with Crippen molar-refractivity contribution < 1.29 is 9.18 Å². The topological polar surface area (TPSA) is 46.3 Å². The zero-order chi connectivity index (χ0) is 13.6. The zero-order valence-electron chi connectivity index (χ0n) is 10.5. The number of fused-ring (bicyclic) bond motifs is 2. The molecule has 19 heavy (non-hydrogen) atoms. The zero-order valence-corrected chi connectivity index (χ0v) is 11.2. The average Bonchev–Trinajstić information content (AvgIpc) is 2.64. The molecule has 1 amide bonds. The largest absolute Gasteiger partial charge is 0.333 e. The third-order valence-electron chi connectivity index (χ3n) is 4.17. The molecule has 2 fully saturated rings. The molecule has 2 saturated heterocycles. The molecule has 0 spiro atoms. The summed E-state index contributed by atoms with van der Waals surface area (Å²) in [5, 5.41) is 0.0418. The van der Waals surface area contributed by atoms with Crippen molar-refractivity contribution in [2.45, 2.75) is 43.8 Å². The van der Waals surface area contributed by atoms with E-state index >= 15 is 0 Å². The van der Waals surface area contributed by atoms with Crippen LogP contribution in [0.2, 0.25) is 5.02 Å². The number of nitrogens with two attached hydrogens (primary N) is 1. The molecule has 0 radical (unpaired) electrons. The lowest BCUT2D eigenvalue weighted by Gasteiger charge is -2.37. The third-order valence-corrected chi connectivity index (χ3v) is 4.48. The van der Waals surface area contributed by atoms with Gasteiger partial charge in [-0.1, -0.05) is 11.6 Å². The molecule has 1 aromatic rings. The Morgan fingerprint density at radius 2 is 1.95 bits per heavy atom. The van der Waals surface area contributed by atoms with Gasteiger partial charge in [0.25, 0.3) is 5.91 Å². The maximum absolute atomic E-state index is 13.5. The smallest absolute Gasteiger partial charge is 0.254 e. The molecule has 2 bridgehead atoms. The summed E-state index contributed by atoms with van der Waals surface area (Å²) in [4.78, 5) is 14.4. The molecule has 2 unspecified atom stereocenters. The SMILES string of the molecule is NC1CC2CCC(C1)N2C(=O)c1ccc(Cl)c(F)c1. The minimum absolute atomic E-state index is 0.0418. The fourth-order valence-electron chi connectivity index (χ4n) is 3.33. The van der Waals surface area contributed by atoms with Crippen molar-refractivity contribution in [1.29, 1.82) is 0 Å². The molecular formula is C14H16ClFN2O. The quantitative estimate of drug-likeness (QED) is 0.860. The van der Waals surface area contributed by atoms with Crippen LogP contribution in [0.15, 0.2) is 18.2 Å². The van der Waals surface area contributed by atoms with Gasteiger partial charge in [0, 0.05) is 23.7 Å². The molecule has 2 aliphatic rings. The molecule has 1 aromatic carbocycles. The highest BCUT2D eigenvalue weighted by Crippen LogP contribution is 2.36. The number of halogens is 2. The number of hydrogen-bond acceptors (Lipinski definition) is 2. The minimum atomic E-state index is -0.548. The molecular weight excluding hydrogens is 267 g/mol. The van der Waals surface area contributed by atoms with Gasteiger partial charge in [-0.2, -0.15) is 0 Å². The highest BCUT2D eigenvalue weighted by molar-refractivity contribution is 6.30. The molecule has 2 N–H and O–H groups in total. The maximum Gasteiger partial charge on any atom is 0.254 e. The highest BCUT2D eigenvalue weighted by Gasteiger charge is 2.42. The Balaban J connectivity index is 1.86. The molecule has 0 aromatic heterocycles. The first kappa shape index (κ1) is 12.9. The van der Waals surface area contributed by atoms with Crippen molar-refractivity contribution in [3.63, 3.8) is 0 Å². The van der Waals surface area contributed by atoms with Crippen molar-refractivity contribution in [1.82, 2.24) is 4.90 Å². The first-order valence-corrected chi connectivity index (χ1v) is 6.97. The van der Waals surface area contributed by atoms with Gasteiger partial charge in [0.2, 0.25) is 0 Å². The summed E-state index contributed by atoms with van der Waals surface area (Å²) in [6.45, 7) is 0. The first-order valence-electron chi connectivity index (χ1n) is 6.59. The first-order chi connectivity index (χ1) is 9.06. The van der Waals surface area contributed by atoms with Gasteiger partial charge in [0.05, 0.1) is 5.02 Å². The van der Waals surface area contributed by atoms with Gasteiger partial charge >= 0.3 is 0 Å². The van der Waals surface area contributed by atoms with E-state index in [0.29, 0.717) is 5.56 Å². The van der Waals surface area contributed by atoms with Crippen LogP contribution in [0.1, 0.15) is 36.0 Å². The average molecular weight is 283 g/mol.